The molecule has 0 aromatic carbocycles. The van der Waals surface area contributed by atoms with Crippen LogP contribution in [0.2, 0.25) is 0 Å². The molecule has 6 heteroatoms. The average Bonchev–Trinajstić information content (AvgIpc) is 2.17. The molecule has 1 rings (SSSR count). The number of hydrogen-bond donors (Lipinski definition) is 1. The molecule has 1 aromatic heterocycles. The van der Waals surface area contributed by atoms with Crippen LogP contribution in [0.15, 0.2) is 12.1 Å². The van der Waals surface area contributed by atoms with E-state index in [4.69, 9.17) is 4.74 Å². The fraction of sp³-hybridized carbons (Fsp3) is 0.250. The molecule has 0 saturated carbocycles. The maximum absolute atomic E-state index is 10.5. The molecule has 0 saturated heterocycles. The molecule has 0 aliphatic carbocycles. The summed E-state index contributed by atoms with van der Waals surface area (Å²) in [5.74, 6) is 0.496. The summed E-state index contributed by atoms with van der Waals surface area (Å²) in [4.78, 5) is 13.8. The number of rotatable bonds is 4. The van der Waals surface area contributed by atoms with E-state index >= 15 is 0 Å². The first-order valence-electron chi connectivity index (χ1n) is 3.91. The van der Waals surface area contributed by atoms with Crippen LogP contribution in [0.5, 0.6) is 5.88 Å². The first-order chi connectivity index (χ1) is 6.69. The minimum absolute atomic E-state index is 0.00606. The van der Waals surface area contributed by atoms with Crippen LogP contribution >= 0.6 is 0 Å². The molecule has 75 valence electrons. The molecule has 0 aliphatic heterocycles. The Morgan fingerprint density at radius 3 is 2.93 bits per heavy atom. The van der Waals surface area contributed by atoms with E-state index in [1.165, 1.54) is 19.2 Å². The fourth-order valence-electron chi connectivity index (χ4n) is 0.949. The summed E-state index contributed by atoms with van der Waals surface area (Å²) in [7, 11) is 1.34. The van der Waals surface area contributed by atoms with E-state index in [0.717, 1.165) is 0 Å². The molecule has 1 radical (unpaired) electrons. The fourth-order valence-corrected chi connectivity index (χ4v) is 0.949. The molecule has 0 bridgehead atoms. The molecule has 0 spiro atoms. The third kappa shape index (κ3) is 2.09. The number of nitrogens with one attached hydrogen (secondary N) is 1. The van der Waals surface area contributed by atoms with Gasteiger partial charge in [-0.1, -0.05) is 0 Å². The Bertz CT molecular complexity index is 341. The third-order valence-corrected chi connectivity index (χ3v) is 1.54. The Morgan fingerprint density at radius 2 is 2.43 bits per heavy atom. The predicted octanol–water partition coefficient (Wildman–Crippen LogP) is 1.24. The van der Waals surface area contributed by atoms with Crippen molar-refractivity contribution in [2.24, 2.45) is 0 Å². The zero-order chi connectivity index (χ0) is 10.6. The van der Waals surface area contributed by atoms with Crippen LogP contribution in [0, 0.1) is 17.0 Å². The van der Waals surface area contributed by atoms with Crippen molar-refractivity contribution in [1.29, 1.82) is 0 Å². The standard InChI is InChI=1S/C8H10N3O3/c1-3-9-7-5-4-6(11(12)13)8(10-7)14-2/h4-5H,1,3H2,2H3,(H,9,10). The largest absolute Gasteiger partial charge is 0.476 e. The van der Waals surface area contributed by atoms with Gasteiger partial charge in [0.2, 0.25) is 0 Å². The Labute approximate surface area is 81.1 Å². The molecule has 0 unspecified atom stereocenters. The van der Waals surface area contributed by atoms with Gasteiger partial charge in [-0.3, -0.25) is 10.1 Å². The number of aromatic nitrogens is 1. The van der Waals surface area contributed by atoms with E-state index in [9.17, 15) is 10.1 Å². The normalized spacial score (nSPS) is 9.57. The maximum Gasteiger partial charge on any atom is 0.331 e. The lowest BCUT2D eigenvalue weighted by Crippen LogP contribution is -2.02. The van der Waals surface area contributed by atoms with Crippen molar-refractivity contribution in [1.82, 2.24) is 4.98 Å². The lowest BCUT2D eigenvalue weighted by molar-refractivity contribution is -0.386. The zero-order valence-electron chi connectivity index (χ0n) is 7.69. The van der Waals surface area contributed by atoms with Crippen LogP contribution in [0.4, 0.5) is 11.5 Å². The molecule has 0 atom stereocenters. The Balaban J connectivity index is 3.05. The molecule has 1 heterocycles. The van der Waals surface area contributed by atoms with Crippen molar-refractivity contribution in [3.63, 3.8) is 0 Å². The van der Waals surface area contributed by atoms with Crippen LogP contribution in [0.3, 0.4) is 0 Å². The molecule has 1 aromatic rings. The van der Waals surface area contributed by atoms with Gasteiger partial charge >= 0.3 is 5.69 Å². The molecule has 0 fully saturated rings. The van der Waals surface area contributed by atoms with Gasteiger partial charge in [0.1, 0.15) is 5.82 Å². The summed E-state index contributed by atoms with van der Waals surface area (Å²) in [6.07, 6.45) is 0. The van der Waals surface area contributed by atoms with Gasteiger partial charge in [0.05, 0.1) is 12.0 Å². The second kappa shape index (κ2) is 4.40. The van der Waals surface area contributed by atoms with Gasteiger partial charge < -0.3 is 10.1 Å². The summed E-state index contributed by atoms with van der Waals surface area (Å²) in [5, 5.41) is 13.3. The Hall–Kier alpha value is -1.85. The summed E-state index contributed by atoms with van der Waals surface area (Å²) >= 11 is 0. The summed E-state index contributed by atoms with van der Waals surface area (Å²) in [6, 6.07) is 2.84. The van der Waals surface area contributed by atoms with Crippen LogP contribution in [0.1, 0.15) is 0 Å². The highest BCUT2D eigenvalue weighted by molar-refractivity contribution is 5.49. The summed E-state index contributed by atoms with van der Waals surface area (Å²) in [5.41, 5.74) is -0.151. The summed E-state index contributed by atoms with van der Waals surface area (Å²) in [6.45, 7) is 4.02. The third-order valence-electron chi connectivity index (χ3n) is 1.54. The van der Waals surface area contributed by atoms with E-state index < -0.39 is 4.92 Å². The Kier molecular flexibility index (Phi) is 3.22. The van der Waals surface area contributed by atoms with E-state index in [1.807, 2.05) is 0 Å². The van der Waals surface area contributed by atoms with Crippen molar-refractivity contribution >= 4 is 11.5 Å². The molecule has 14 heavy (non-hydrogen) atoms. The number of hydrogen-bond acceptors (Lipinski definition) is 5. The smallest absolute Gasteiger partial charge is 0.331 e. The number of anilines is 1. The first-order valence-corrected chi connectivity index (χ1v) is 3.91. The van der Waals surface area contributed by atoms with Crippen molar-refractivity contribution in [2.75, 3.05) is 19.0 Å². The van der Waals surface area contributed by atoms with Crippen molar-refractivity contribution in [3.05, 3.63) is 29.2 Å². The molecule has 0 amide bonds. The number of pyridine rings is 1. The Morgan fingerprint density at radius 1 is 1.71 bits per heavy atom. The van der Waals surface area contributed by atoms with Gasteiger partial charge in [0.25, 0.3) is 5.88 Å². The minimum Gasteiger partial charge on any atom is -0.476 e. The summed E-state index contributed by atoms with van der Waals surface area (Å²) < 4.78 is 4.78. The lowest BCUT2D eigenvalue weighted by atomic mass is 10.4. The van der Waals surface area contributed by atoms with Crippen molar-refractivity contribution < 1.29 is 9.66 Å². The number of nitro groups is 1. The predicted molar refractivity (Wildman–Crippen MR) is 51.3 cm³/mol. The number of methoxy groups -OCH3 is 1. The zero-order valence-corrected chi connectivity index (χ0v) is 7.69. The second-order valence-electron chi connectivity index (χ2n) is 2.41. The van der Waals surface area contributed by atoms with Crippen molar-refractivity contribution in [2.45, 2.75) is 0 Å². The minimum atomic E-state index is -0.542. The van der Waals surface area contributed by atoms with E-state index in [0.29, 0.717) is 12.4 Å². The quantitative estimate of drug-likeness (QED) is 0.579. The van der Waals surface area contributed by atoms with Gasteiger partial charge in [-0.2, -0.15) is 4.98 Å². The van der Waals surface area contributed by atoms with Gasteiger partial charge in [-0.15, -0.1) is 0 Å². The van der Waals surface area contributed by atoms with Gasteiger partial charge in [-0.05, 0) is 13.0 Å². The lowest BCUT2D eigenvalue weighted by Gasteiger charge is -2.04. The molecule has 6 nitrogen and oxygen atoms in total. The van der Waals surface area contributed by atoms with E-state index in [1.54, 1.807) is 0 Å². The number of ether oxygens (including phenoxy) is 1. The highest BCUT2D eigenvalue weighted by Gasteiger charge is 2.15. The molecule has 0 aliphatic rings. The second-order valence-corrected chi connectivity index (χ2v) is 2.41. The van der Waals surface area contributed by atoms with Gasteiger partial charge in [0.15, 0.2) is 0 Å². The molecular weight excluding hydrogens is 186 g/mol. The highest BCUT2D eigenvalue weighted by Crippen LogP contribution is 2.25. The van der Waals surface area contributed by atoms with Crippen molar-refractivity contribution in [3.8, 4) is 5.88 Å². The van der Waals surface area contributed by atoms with Gasteiger partial charge in [0, 0.05) is 12.6 Å². The maximum atomic E-state index is 10.5. The van der Waals surface area contributed by atoms with Crippen LogP contribution in [-0.2, 0) is 0 Å². The monoisotopic (exact) mass is 196 g/mol. The van der Waals surface area contributed by atoms with Gasteiger partial charge in [-0.25, -0.2) is 0 Å². The van der Waals surface area contributed by atoms with Crippen LogP contribution < -0.4 is 10.1 Å². The molecule has 1 N–H and O–H groups in total. The average molecular weight is 196 g/mol. The van der Waals surface area contributed by atoms with E-state index in [2.05, 4.69) is 17.2 Å². The van der Waals surface area contributed by atoms with Crippen LogP contribution in [0.25, 0.3) is 0 Å². The van der Waals surface area contributed by atoms with E-state index in [-0.39, 0.29) is 11.6 Å². The van der Waals surface area contributed by atoms with Crippen LogP contribution in [-0.4, -0.2) is 23.6 Å². The highest BCUT2D eigenvalue weighted by atomic mass is 16.6. The molecular formula is C8H10N3O3. The first kappa shape index (κ1) is 10.2. The number of nitrogens with zero attached hydrogens (tertiary/aromatic N) is 2. The SMILES string of the molecule is [CH2]CNc1ccc([N+](=O)[O-])c(OC)n1. The topological polar surface area (TPSA) is 77.3 Å².